The second-order valence-electron chi connectivity index (χ2n) is 17.2. The lowest BCUT2D eigenvalue weighted by molar-refractivity contribution is -0.156. The van der Waals surface area contributed by atoms with Crippen molar-refractivity contribution in [2.24, 2.45) is 0 Å². The molecule has 0 radical (unpaired) electrons. The topological polar surface area (TPSA) is 55.8 Å². The van der Waals surface area contributed by atoms with Crippen molar-refractivity contribution in [1.82, 2.24) is 4.90 Å². The van der Waals surface area contributed by atoms with Crippen LogP contribution in [0.15, 0.2) is 133 Å². The molecule has 0 N–H and O–H groups in total. The van der Waals surface area contributed by atoms with Crippen LogP contribution >= 0.6 is 40.5 Å². The van der Waals surface area contributed by atoms with Gasteiger partial charge >= 0.3 is 11.9 Å². The molecule has 3 atom stereocenters. The minimum absolute atomic E-state index is 0. The molecule has 4 rings (SSSR count). The highest BCUT2D eigenvalue weighted by atomic mass is 32.1. The molecule has 4 aromatic rings. The second-order valence-corrected chi connectivity index (χ2v) is 17.2. The SMILES string of the molecule is CCCC/C=C/C(=O)OC(C)(C)C.CCCC[C@@H](CC(=O)OC(C)(C)C)N(Cc1ccccc1)[C@@H](C)c1ccccc1.C[C@H](CCc1ccccc1)c1ccccc1.S.S.S. The molecule has 0 saturated carbocycles. The molecule has 0 aliphatic carbocycles. The molecule has 0 aliphatic rings. The van der Waals surface area contributed by atoms with Crippen LogP contribution in [0.2, 0.25) is 0 Å². The highest BCUT2D eigenvalue weighted by Crippen LogP contribution is 2.29. The third kappa shape index (κ3) is 28.0. The van der Waals surface area contributed by atoms with Crippen LogP contribution in [0.4, 0.5) is 0 Å². The van der Waals surface area contributed by atoms with E-state index in [1.165, 1.54) is 34.8 Å². The zero-order chi connectivity index (χ0) is 42.8. The van der Waals surface area contributed by atoms with Crippen molar-refractivity contribution in [3.63, 3.8) is 0 Å². The number of allylic oxidation sites excluding steroid dienone is 1. The molecule has 0 aromatic heterocycles. The van der Waals surface area contributed by atoms with Gasteiger partial charge in [0.2, 0.25) is 0 Å². The third-order valence-corrected chi connectivity index (χ3v) is 9.63. The largest absolute Gasteiger partial charge is 0.460 e. The van der Waals surface area contributed by atoms with E-state index in [4.69, 9.17) is 9.47 Å². The van der Waals surface area contributed by atoms with E-state index >= 15 is 0 Å². The minimum atomic E-state index is -0.457. The van der Waals surface area contributed by atoms with Crippen molar-refractivity contribution in [3.05, 3.63) is 156 Å². The van der Waals surface area contributed by atoms with Crippen LogP contribution < -0.4 is 0 Å². The van der Waals surface area contributed by atoms with Gasteiger partial charge in [0.25, 0.3) is 0 Å². The van der Waals surface area contributed by atoms with E-state index in [2.05, 4.69) is 142 Å². The Bertz CT molecular complexity index is 1690. The molecule has 4 aromatic carbocycles. The number of nitrogens with zero attached hydrogens (tertiary/aromatic N) is 1. The van der Waals surface area contributed by atoms with E-state index in [1.54, 1.807) is 0 Å². The Hall–Kier alpha value is -3.43. The highest BCUT2D eigenvalue weighted by molar-refractivity contribution is 7.59. The molecule has 61 heavy (non-hydrogen) atoms. The van der Waals surface area contributed by atoms with Gasteiger partial charge in [0, 0.05) is 24.7 Å². The molecule has 0 saturated heterocycles. The van der Waals surface area contributed by atoms with E-state index in [-0.39, 0.29) is 70.1 Å². The number of carbonyl (C=O) groups excluding carboxylic acids is 2. The van der Waals surface area contributed by atoms with E-state index in [9.17, 15) is 9.59 Å². The minimum Gasteiger partial charge on any atom is -0.460 e. The molecule has 0 spiro atoms. The summed E-state index contributed by atoms with van der Waals surface area (Å²) in [5, 5.41) is 0. The summed E-state index contributed by atoms with van der Waals surface area (Å²) in [6.45, 7) is 21.1. The van der Waals surface area contributed by atoms with Crippen molar-refractivity contribution in [1.29, 1.82) is 0 Å². The molecule has 0 bridgehead atoms. The van der Waals surface area contributed by atoms with Gasteiger partial charge < -0.3 is 9.47 Å². The summed E-state index contributed by atoms with van der Waals surface area (Å²) in [6, 6.07) is 42.9. The number of benzene rings is 4. The van der Waals surface area contributed by atoms with Gasteiger partial charge in [-0.2, -0.15) is 40.5 Å². The van der Waals surface area contributed by atoms with E-state index in [0.717, 1.165) is 51.5 Å². The number of rotatable bonds is 18. The van der Waals surface area contributed by atoms with Crippen LogP contribution in [0, 0.1) is 0 Å². The van der Waals surface area contributed by atoms with Gasteiger partial charge in [-0.1, -0.05) is 174 Å². The molecule has 5 nitrogen and oxygen atoms in total. The number of esters is 2. The molecule has 340 valence electrons. The summed E-state index contributed by atoms with van der Waals surface area (Å²) in [7, 11) is 0. The average molecular weight is 892 g/mol. The normalized spacial score (nSPS) is 12.4. The van der Waals surface area contributed by atoms with Gasteiger partial charge in [-0.05, 0) is 102 Å². The zero-order valence-corrected chi connectivity index (χ0v) is 42.1. The number of carbonyl (C=O) groups is 2. The predicted molar refractivity (Wildman–Crippen MR) is 276 cm³/mol. The third-order valence-electron chi connectivity index (χ3n) is 9.63. The van der Waals surface area contributed by atoms with E-state index in [1.807, 2.05) is 59.8 Å². The standard InChI is InChI=1S/C26H37NO2.C16H18.C11H20O2.3H2S/c1-6-7-18-24(19-25(28)29-26(3,4)5)27(20-22-14-10-8-11-15-22)21(2)23-16-12-9-13-17-23;1-14(16-10-6-3-7-11-16)12-13-15-8-4-2-5-9-15;1-5-6-7-8-9-10(12)13-11(2,3)4;;;/h8-17,21,24H,6-7,18-20H2,1-5H3;2-11,14H,12-13H2,1H3;8-9H,5-7H2,1-4H3;3*1H2/b;;9-8+;;;/t21-,24-;14-;;;;/m01..../s1. The zero-order valence-electron chi connectivity index (χ0n) is 39.1. The van der Waals surface area contributed by atoms with Crippen molar-refractivity contribution >= 4 is 52.4 Å². The maximum absolute atomic E-state index is 12.7. The van der Waals surface area contributed by atoms with Crippen molar-refractivity contribution < 1.29 is 19.1 Å². The molecule has 0 amide bonds. The maximum atomic E-state index is 12.7. The summed E-state index contributed by atoms with van der Waals surface area (Å²) in [6.07, 6.45) is 12.6. The fourth-order valence-electron chi connectivity index (χ4n) is 6.51. The number of unbranched alkanes of at least 4 members (excludes halogenated alkanes) is 3. The van der Waals surface area contributed by atoms with Gasteiger partial charge in [0.05, 0.1) is 6.42 Å². The Kier molecular flexibility index (Phi) is 32.4. The average Bonchev–Trinajstić information content (AvgIpc) is 3.19. The maximum Gasteiger partial charge on any atom is 0.330 e. The van der Waals surface area contributed by atoms with Crippen molar-refractivity contribution in [2.75, 3.05) is 0 Å². The van der Waals surface area contributed by atoms with Gasteiger partial charge in [-0.15, -0.1) is 0 Å². The summed E-state index contributed by atoms with van der Waals surface area (Å²) in [4.78, 5) is 26.3. The molecule has 0 unspecified atom stereocenters. The van der Waals surface area contributed by atoms with E-state index < -0.39 is 5.60 Å². The van der Waals surface area contributed by atoms with Gasteiger partial charge in [-0.25, -0.2) is 4.79 Å². The highest BCUT2D eigenvalue weighted by Gasteiger charge is 2.28. The molecular formula is C53H81NO4S3. The lowest BCUT2D eigenvalue weighted by Crippen LogP contribution is -2.39. The van der Waals surface area contributed by atoms with Crippen LogP contribution in [-0.2, 0) is 32.0 Å². The Morgan fingerprint density at radius 2 is 1.07 bits per heavy atom. The van der Waals surface area contributed by atoms with Gasteiger partial charge in [0.1, 0.15) is 11.2 Å². The fourth-order valence-corrected chi connectivity index (χ4v) is 6.51. The number of ether oxygens (including phenoxy) is 2. The van der Waals surface area contributed by atoms with Crippen LogP contribution in [0.3, 0.4) is 0 Å². The summed E-state index contributed by atoms with van der Waals surface area (Å²) in [5.41, 5.74) is 4.58. The predicted octanol–water partition coefficient (Wildman–Crippen LogP) is 14.4. The monoisotopic (exact) mass is 892 g/mol. The Morgan fingerprint density at radius 3 is 1.54 bits per heavy atom. The lowest BCUT2D eigenvalue weighted by atomic mass is 9.94. The smallest absolute Gasteiger partial charge is 0.330 e. The molecule has 0 fully saturated rings. The summed E-state index contributed by atoms with van der Waals surface area (Å²) < 4.78 is 10.8. The molecule has 0 aliphatic heterocycles. The van der Waals surface area contributed by atoms with Crippen LogP contribution in [0.5, 0.6) is 0 Å². The Balaban J connectivity index is 0. The number of hydrogen-bond donors (Lipinski definition) is 0. The number of aryl methyl sites for hydroxylation is 1. The second kappa shape index (κ2) is 33.2. The quantitative estimate of drug-likeness (QED) is 0.0566. The number of hydrogen-bond acceptors (Lipinski definition) is 5. The van der Waals surface area contributed by atoms with E-state index in [0.29, 0.717) is 12.3 Å². The van der Waals surface area contributed by atoms with Crippen LogP contribution in [0.25, 0.3) is 0 Å². The van der Waals surface area contributed by atoms with Crippen LogP contribution in [0.1, 0.15) is 155 Å². The summed E-state index contributed by atoms with van der Waals surface area (Å²) in [5.74, 6) is 0.280. The van der Waals surface area contributed by atoms with Gasteiger partial charge in [0.15, 0.2) is 0 Å². The van der Waals surface area contributed by atoms with Crippen molar-refractivity contribution in [3.8, 4) is 0 Å². The Morgan fingerprint density at radius 1 is 0.607 bits per heavy atom. The molecular weight excluding hydrogens is 811 g/mol. The first-order valence-electron chi connectivity index (χ1n) is 21.7. The fraction of sp³-hybridized carbons (Fsp3) is 0.472. The molecule has 0 heterocycles. The van der Waals surface area contributed by atoms with Crippen molar-refractivity contribution in [2.45, 2.75) is 163 Å². The first-order valence-corrected chi connectivity index (χ1v) is 21.7. The lowest BCUT2D eigenvalue weighted by Gasteiger charge is -2.37. The first kappa shape index (κ1) is 59.7. The van der Waals surface area contributed by atoms with Gasteiger partial charge in [-0.3, -0.25) is 9.69 Å². The Labute approximate surface area is 392 Å². The summed E-state index contributed by atoms with van der Waals surface area (Å²) >= 11 is 0. The molecule has 8 heteroatoms. The van der Waals surface area contributed by atoms with Crippen LogP contribution in [-0.4, -0.2) is 34.1 Å². The first-order chi connectivity index (χ1) is 27.6.